The second-order valence-corrected chi connectivity index (χ2v) is 9.04. The lowest BCUT2D eigenvalue weighted by molar-refractivity contribution is 0.269. The monoisotopic (exact) mass is 438 g/mol. The highest BCUT2D eigenvalue weighted by Gasteiger charge is 2.42. The molecular formula is C24H27ClN4S. The molecule has 2 atom stereocenters. The van der Waals surface area contributed by atoms with Crippen molar-refractivity contribution in [3.63, 3.8) is 0 Å². The Morgan fingerprint density at radius 2 is 1.87 bits per heavy atom. The van der Waals surface area contributed by atoms with Crippen molar-refractivity contribution in [2.75, 3.05) is 0 Å². The molecule has 1 saturated heterocycles. The van der Waals surface area contributed by atoms with Gasteiger partial charge in [-0.25, -0.2) is 0 Å². The van der Waals surface area contributed by atoms with Crippen LogP contribution in [-0.4, -0.2) is 25.6 Å². The van der Waals surface area contributed by atoms with Gasteiger partial charge in [0, 0.05) is 34.3 Å². The van der Waals surface area contributed by atoms with E-state index in [0.29, 0.717) is 0 Å². The van der Waals surface area contributed by atoms with Gasteiger partial charge in [0.1, 0.15) is 0 Å². The Hall–Kier alpha value is -2.37. The van der Waals surface area contributed by atoms with Crippen LogP contribution in [0, 0.1) is 20.8 Å². The van der Waals surface area contributed by atoms with E-state index >= 15 is 0 Å². The minimum atomic E-state index is -0.00416. The molecule has 0 bridgehead atoms. The number of nitrogens with one attached hydrogen (secondary N) is 1. The summed E-state index contributed by atoms with van der Waals surface area (Å²) in [5.74, 6) is 0. The van der Waals surface area contributed by atoms with Crippen LogP contribution in [0.3, 0.4) is 0 Å². The first kappa shape index (κ1) is 20.9. The maximum Gasteiger partial charge on any atom is 0.170 e. The lowest BCUT2D eigenvalue weighted by Gasteiger charge is -2.31. The number of hydrogen-bond donors (Lipinski definition) is 1. The molecule has 3 aromatic rings. The van der Waals surface area contributed by atoms with Crippen LogP contribution < -0.4 is 5.32 Å². The smallest absolute Gasteiger partial charge is 0.170 e. The first-order valence-corrected chi connectivity index (χ1v) is 11.0. The molecule has 1 aliphatic heterocycles. The van der Waals surface area contributed by atoms with Crippen molar-refractivity contribution in [2.45, 2.75) is 52.7 Å². The predicted octanol–water partition coefficient (Wildman–Crippen LogP) is 5.83. The van der Waals surface area contributed by atoms with E-state index in [1.54, 1.807) is 0 Å². The maximum atomic E-state index is 6.34. The van der Waals surface area contributed by atoms with Gasteiger partial charge in [-0.1, -0.05) is 23.7 Å². The number of rotatable bonds is 4. The van der Waals surface area contributed by atoms with Crippen LogP contribution in [-0.2, 0) is 0 Å². The fraction of sp³-hybridized carbons (Fsp3) is 0.333. The minimum Gasteiger partial charge on any atom is -0.352 e. The Morgan fingerprint density at radius 1 is 1.10 bits per heavy atom. The molecule has 0 spiro atoms. The van der Waals surface area contributed by atoms with E-state index < -0.39 is 0 Å². The molecule has 30 heavy (non-hydrogen) atoms. The molecule has 0 radical (unpaired) electrons. The molecule has 1 aromatic carbocycles. The first-order valence-electron chi connectivity index (χ1n) is 10.2. The van der Waals surface area contributed by atoms with Crippen LogP contribution in [0.4, 0.5) is 0 Å². The number of nitrogens with zero attached hydrogens (tertiary/aromatic N) is 3. The highest BCUT2D eigenvalue weighted by Crippen LogP contribution is 2.42. The van der Waals surface area contributed by atoms with Gasteiger partial charge in [-0.2, -0.15) is 0 Å². The topological polar surface area (TPSA) is 33.1 Å². The molecular weight excluding hydrogens is 412 g/mol. The van der Waals surface area contributed by atoms with Crippen molar-refractivity contribution in [1.82, 2.24) is 19.8 Å². The summed E-state index contributed by atoms with van der Waals surface area (Å²) >= 11 is 12.1. The van der Waals surface area contributed by atoms with E-state index in [9.17, 15) is 0 Å². The summed E-state index contributed by atoms with van der Waals surface area (Å²) in [5.41, 5.74) is 6.92. The standard InChI is InChI=1S/C24H27ClN4S/c1-14(2)28-23(22(27-24(28)30)20-8-6-7-11-26-20)19-12-16(4)29(17(19)5)21-13-18(25)10-9-15(21)3/h6-14,22-23H,1-5H3,(H,27,30)/t22-,23-/m1/s1. The Morgan fingerprint density at radius 3 is 2.53 bits per heavy atom. The molecule has 1 N–H and O–H groups in total. The normalized spacial score (nSPS) is 18.9. The van der Waals surface area contributed by atoms with Gasteiger partial charge < -0.3 is 14.8 Å². The largest absolute Gasteiger partial charge is 0.352 e. The van der Waals surface area contributed by atoms with E-state index in [4.69, 9.17) is 23.8 Å². The van der Waals surface area contributed by atoms with Crippen LogP contribution in [0.25, 0.3) is 5.69 Å². The van der Waals surface area contributed by atoms with Crippen LogP contribution in [0.15, 0.2) is 48.7 Å². The lowest BCUT2D eigenvalue weighted by Crippen LogP contribution is -2.35. The van der Waals surface area contributed by atoms with Gasteiger partial charge in [0.05, 0.1) is 17.8 Å². The van der Waals surface area contributed by atoms with Crippen LogP contribution in [0.1, 0.15) is 54.1 Å². The summed E-state index contributed by atoms with van der Waals surface area (Å²) in [7, 11) is 0. The fourth-order valence-corrected chi connectivity index (χ4v) is 5.15. The highest BCUT2D eigenvalue weighted by molar-refractivity contribution is 7.80. The Balaban J connectivity index is 1.88. The number of aryl methyl sites for hydroxylation is 2. The van der Waals surface area contributed by atoms with Crippen LogP contribution in [0.2, 0.25) is 5.02 Å². The van der Waals surface area contributed by atoms with Crippen molar-refractivity contribution in [2.24, 2.45) is 0 Å². The summed E-state index contributed by atoms with van der Waals surface area (Å²) < 4.78 is 2.30. The van der Waals surface area contributed by atoms with Crippen molar-refractivity contribution >= 4 is 28.9 Å². The van der Waals surface area contributed by atoms with Crippen molar-refractivity contribution < 1.29 is 0 Å². The molecule has 156 valence electrons. The molecule has 4 rings (SSSR count). The summed E-state index contributed by atoms with van der Waals surface area (Å²) in [6.07, 6.45) is 1.84. The van der Waals surface area contributed by atoms with Gasteiger partial charge in [-0.3, -0.25) is 4.98 Å². The molecule has 0 saturated carbocycles. The van der Waals surface area contributed by atoms with Gasteiger partial charge in [0.15, 0.2) is 5.11 Å². The molecule has 4 nitrogen and oxygen atoms in total. The van der Waals surface area contributed by atoms with Gasteiger partial charge in [0.2, 0.25) is 0 Å². The third-order valence-electron chi connectivity index (χ3n) is 5.89. The Labute approximate surface area is 188 Å². The molecule has 0 aliphatic carbocycles. The average Bonchev–Trinajstić information content (AvgIpc) is 3.20. The predicted molar refractivity (Wildman–Crippen MR) is 127 cm³/mol. The Bertz CT molecular complexity index is 1090. The van der Waals surface area contributed by atoms with Gasteiger partial charge >= 0.3 is 0 Å². The summed E-state index contributed by atoms with van der Waals surface area (Å²) in [4.78, 5) is 6.93. The zero-order valence-corrected chi connectivity index (χ0v) is 19.6. The van der Waals surface area contributed by atoms with Crippen LogP contribution in [0.5, 0.6) is 0 Å². The minimum absolute atomic E-state index is 0.00416. The first-order chi connectivity index (χ1) is 14.3. The number of benzene rings is 1. The van der Waals surface area contributed by atoms with Crippen LogP contribution >= 0.6 is 23.8 Å². The van der Waals surface area contributed by atoms with Gasteiger partial charge in [0.25, 0.3) is 0 Å². The Kier molecular flexibility index (Phi) is 5.60. The fourth-order valence-electron chi connectivity index (χ4n) is 4.54. The summed E-state index contributed by atoms with van der Waals surface area (Å²) in [6.45, 7) is 10.8. The van der Waals surface area contributed by atoms with Gasteiger partial charge in [-0.05, 0) is 88.3 Å². The third kappa shape index (κ3) is 3.50. The number of hydrogen-bond acceptors (Lipinski definition) is 2. The summed E-state index contributed by atoms with van der Waals surface area (Å²) in [5, 5.41) is 5.04. The SMILES string of the molecule is Cc1ccc(Cl)cc1-n1c(C)cc([C@@H]2[C@@H](c3ccccn3)NC(=S)N2C(C)C)c1C. The lowest BCUT2D eigenvalue weighted by atomic mass is 9.96. The quantitative estimate of drug-likeness (QED) is 0.519. The third-order valence-corrected chi connectivity index (χ3v) is 6.46. The average molecular weight is 439 g/mol. The molecule has 0 amide bonds. The molecule has 1 fully saturated rings. The number of halogens is 1. The van der Waals surface area contributed by atoms with E-state index in [1.165, 1.54) is 22.5 Å². The molecule has 0 unspecified atom stereocenters. The molecule has 1 aliphatic rings. The van der Waals surface area contributed by atoms with E-state index in [0.717, 1.165) is 21.5 Å². The molecule has 3 heterocycles. The van der Waals surface area contributed by atoms with E-state index in [2.05, 4.69) is 72.6 Å². The van der Waals surface area contributed by atoms with Gasteiger partial charge in [-0.15, -0.1) is 0 Å². The zero-order chi connectivity index (χ0) is 21.6. The highest BCUT2D eigenvalue weighted by atomic mass is 35.5. The summed E-state index contributed by atoms with van der Waals surface area (Å²) in [6, 6.07) is 14.7. The number of pyridine rings is 1. The number of thiocarbonyl (C=S) groups is 1. The van der Waals surface area contributed by atoms with Crippen molar-refractivity contribution in [3.8, 4) is 5.69 Å². The molecule has 6 heteroatoms. The molecule has 2 aromatic heterocycles. The maximum absolute atomic E-state index is 6.34. The van der Waals surface area contributed by atoms with E-state index in [1.807, 2.05) is 30.5 Å². The zero-order valence-electron chi connectivity index (χ0n) is 18.0. The van der Waals surface area contributed by atoms with Crippen molar-refractivity contribution in [1.29, 1.82) is 0 Å². The van der Waals surface area contributed by atoms with E-state index in [-0.39, 0.29) is 18.1 Å². The van der Waals surface area contributed by atoms with Crippen molar-refractivity contribution in [3.05, 3.63) is 81.9 Å². The second-order valence-electron chi connectivity index (χ2n) is 8.22. The number of aromatic nitrogens is 2. The second kappa shape index (κ2) is 8.05.